The maximum absolute atomic E-state index is 12.5. The molecule has 0 aromatic carbocycles. The van der Waals surface area contributed by atoms with Crippen LogP contribution in [0.2, 0.25) is 0 Å². The van der Waals surface area contributed by atoms with Crippen LogP contribution in [0.1, 0.15) is 121 Å². The van der Waals surface area contributed by atoms with E-state index in [0.29, 0.717) is 71.0 Å². The lowest BCUT2D eigenvalue weighted by Crippen LogP contribution is -2.53. The highest BCUT2D eigenvalue weighted by Crippen LogP contribution is 2.33. The minimum Gasteiger partial charge on any atom is -0.486 e. The molecule has 5 aliphatic rings. The fourth-order valence-corrected chi connectivity index (χ4v) is 11.9. The van der Waals surface area contributed by atoms with Gasteiger partial charge in [0.15, 0.2) is 0 Å². The first kappa shape index (κ1) is 71.0. The molecule has 9 aromatic heterocycles. The number of nitrogens with zero attached hydrogens (tertiary/aromatic N) is 13. The van der Waals surface area contributed by atoms with Crippen molar-refractivity contribution in [3.63, 3.8) is 0 Å². The molecule has 14 heterocycles. The van der Waals surface area contributed by atoms with E-state index in [1.54, 1.807) is 39.9 Å². The van der Waals surface area contributed by atoms with Crippen LogP contribution in [0, 0.1) is 0 Å². The summed E-state index contributed by atoms with van der Waals surface area (Å²) >= 11 is 27.0. The number of pyridine rings is 1. The summed E-state index contributed by atoms with van der Waals surface area (Å²) in [5, 5.41) is 0. The lowest BCUT2D eigenvalue weighted by Gasteiger charge is -2.38. The Morgan fingerprint density at radius 1 is 0.549 bits per heavy atom. The number of hydrogen-bond acceptors (Lipinski definition) is 18. The van der Waals surface area contributed by atoms with Crippen molar-refractivity contribution in [3.05, 3.63) is 131 Å². The Bertz CT molecular complexity index is 3520. The third-order valence-corrected chi connectivity index (χ3v) is 16.7. The van der Waals surface area contributed by atoms with Gasteiger partial charge in [-0.3, -0.25) is 32.3 Å². The van der Waals surface area contributed by atoms with E-state index < -0.39 is 0 Å². The van der Waals surface area contributed by atoms with Gasteiger partial charge in [-0.15, -0.1) is 99.9 Å². The van der Waals surface area contributed by atoms with Crippen LogP contribution in [-0.4, -0.2) is 164 Å². The Hall–Kier alpha value is -4.34. The third kappa shape index (κ3) is 18.6. The van der Waals surface area contributed by atoms with Crippen molar-refractivity contribution in [2.75, 3.05) is 87.3 Å². The molecule has 32 heteroatoms. The molecule has 0 amide bonds. The van der Waals surface area contributed by atoms with Gasteiger partial charge in [-0.05, 0) is 63.5 Å². The molecule has 9 aromatic rings. The third-order valence-electron chi connectivity index (χ3n) is 15.9. The van der Waals surface area contributed by atoms with E-state index in [1.165, 1.54) is 0 Å². The number of likely N-dealkylation sites (tertiary alicyclic amines) is 1. The molecule has 0 saturated carbocycles. The van der Waals surface area contributed by atoms with E-state index in [4.69, 9.17) is 72.7 Å². The van der Waals surface area contributed by atoms with E-state index in [-0.39, 0.29) is 14.8 Å². The Labute approximate surface area is 572 Å². The predicted octanol–water partition coefficient (Wildman–Crippen LogP) is 11.5. The second kappa shape index (κ2) is 36.0. The number of aromatic nitrogens is 13. The van der Waals surface area contributed by atoms with Crippen molar-refractivity contribution < 1.29 is 37.9 Å². The Morgan fingerprint density at radius 2 is 0.890 bits per heavy atom. The topological polar surface area (TPSA) is 231 Å². The second-order valence-corrected chi connectivity index (χ2v) is 28.9. The van der Waals surface area contributed by atoms with Crippen molar-refractivity contribution in [1.82, 2.24) is 67.4 Å². The summed E-state index contributed by atoms with van der Waals surface area (Å²) in [5.41, 5.74) is 6.43. The minimum absolute atomic E-state index is 0.0907. The molecule has 5 aliphatic heterocycles. The first-order chi connectivity index (χ1) is 44.5. The van der Waals surface area contributed by atoms with Crippen molar-refractivity contribution >= 4 is 125 Å². The van der Waals surface area contributed by atoms with Gasteiger partial charge in [-0.2, -0.15) is 0 Å². The molecule has 5 fully saturated rings. The molecular formula is C59H75BBr3Cl3N14O9P2. The number of imidazole rings is 4. The van der Waals surface area contributed by atoms with Gasteiger partial charge in [-0.25, -0.2) is 34.9 Å². The lowest BCUT2D eigenvalue weighted by atomic mass is 10.00. The lowest BCUT2D eigenvalue weighted by molar-refractivity contribution is 0.0135. The highest BCUT2D eigenvalue weighted by molar-refractivity contribution is 9.69. The van der Waals surface area contributed by atoms with Gasteiger partial charge in [0.25, 0.3) is 5.56 Å². The summed E-state index contributed by atoms with van der Waals surface area (Å²) in [4.78, 5) is 53.1. The van der Waals surface area contributed by atoms with Gasteiger partial charge in [0.05, 0.1) is 87.0 Å². The van der Waals surface area contributed by atoms with Gasteiger partial charge in [0, 0.05) is 133 Å². The first-order valence-electron chi connectivity index (χ1n) is 29.8. The van der Waals surface area contributed by atoms with Crippen LogP contribution < -0.4 is 24.5 Å². The van der Waals surface area contributed by atoms with Crippen LogP contribution in [0.25, 0.3) is 22.1 Å². The van der Waals surface area contributed by atoms with Crippen LogP contribution >= 0.6 is 99.9 Å². The zero-order valence-electron chi connectivity index (χ0n) is 50.9. The molecule has 1 N–H and O–H groups in total. The van der Waals surface area contributed by atoms with E-state index in [0.717, 1.165) is 186 Å². The number of alkyl halides is 3. The van der Waals surface area contributed by atoms with Gasteiger partial charge in [-0.1, -0.05) is 0 Å². The minimum atomic E-state index is -0.0907. The molecule has 5 saturated heterocycles. The Morgan fingerprint density at radius 3 is 1.21 bits per heavy atom. The summed E-state index contributed by atoms with van der Waals surface area (Å²) in [7, 11) is 9.50. The molecule has 2 atom stereocenters. The van der Waals surface area contributed by atoms with Crippen LogP contribution in [0.3, 0.4) is 0 Å². The maximum atomic E-state index is 12.5. The second-order valence-electron chi connectivity index (χ2n) is 21.6. The Balaban J connectivity index is 0.000000141. The zero-order chi connectivity index (χ0) is 64.2. The van der Waals surface area contributed by atoms with E-state index in [2.05, 4.69) is 128 Å². The van der Waals surface area contributed by atoms with Crippen molar-refractivity contribution in [2.24, 2.45) is 0 Å². The van der Waals surface area contributed by atoms with Gasteiger partial charge in [0.2, 0.25) is 17.6 Å². The zero-order valence-corrected chi connectivity index (χ0v) is 60.2. The van der Waals surface area contributed by atoms with E-state index >= 15 is 0 Å². The summed E-state index contributed by atoms with van der Waals surface area (Å²) in [6, 6.07) is 3.78. The predicted molar refractivity (Wildman–Crippen MR) is 370 cm³/mol. The largest absolute Gasteiger partial charge is 0.486 e. The summed E-state index contributed by atoms with van der Waals surface area (Å²) in [6.45, 7) is 8.61. The molecular weight excluding hydrogens is 1470 g/mol. The summed E-state index contributed by atoms with van der Waals surface area (Å²) < 4.78 is 51.9. The van der Waals surface area contributed by atoms with E-state index in [1.807, 2.05) is 59.9 Å². The number of aromatic amines is 1. The van der Waals surface area contributed by atoms with E-state index in [9.17, 15) is 4.79 Å². The molecule has 23 nitrogen and oxygen atoms in total. The standard InChI is InChI=1S/C20H23N5O3.3C13H16ClN3O2.BBr3.H4P2/c26-20-18-9-22-19(14-3-6-27-7-4-14)25(18)11-15(23-20)10-24-12-17(13-24)28-16-2-1-5-21-8-16;3*1-18-13-11-7-15-12(9-2-4-19-5-3-9)17(11)8-10(6-14)16-13;2-1(3)4;1-2/h1-2,5,8-9,11,14,17H,3-4,6-7,10,12-13H2,(H,23,26);3*7-9H,2-6H2,1H3;;1-2H2. The fraction of sp³-hybridized carbons (Fsp3) is 0.508. The van der Waals surface area contributed by atoms with Gasteiger partial charge < -0.3 is 42.9 Å². The normalized spacial score (nSPS) is 16.8. The molecule has 0 radical (unpaired) electrons. The maximum Gasteiger partial charge on any atom is 0.369 e. The monoisotopic (exact) mass is 1540 g/mol. The van der Waals surface area contributed by atoms with Crippen LogP contribution in [0.15, 0.2) is 78.9 Å². The molecule has 490 valence electrons. The molecule has 0 spiro atoms. The number of nitrogens with one attached hydrogen (secondary N) is 1. The number of ether oxygens (including phenoxy) is 8. The van der Waals surface area contributed by atoms with Gasteiger partial charge >= 0.3 is 3.18 Å². The van der Waals surface area contributed by atoms with Crippen molar-refractivity contribution in [1.29, 1.82) is 0 Å². The number of H-pyrrole nitrogens is 1. The molecule has 14 rings (SSSR count). The molecule has 91 heavy (non-hydrogen) atoms. The van der Waals surface area contributed by atoms with Crippen LogP contribution in [0.5, 0.6) is 23.4 Å². The quantitative estimate of drug-likeness (QED) is 0.0606. The summed E-state index contributed by atoms with van der Waals surface area (Å²) in [6.07, 6.45) is 26.5. The number of fused-ring (bicyclic) bond motifs is 4. The van der Waals surface area contributed by atoms with Crippen molar-refractivity contribution in [3.8, 4) is 23.4 Å². The first-order valence-corrected chi connectivity index (χ1v) is 36.9. The SMILES string of the molecule is BrB(Br)Br.COc1nc(CCl)cn2c(C3CCOCC3)ncc12.COc1nc(CCl)cn2c(C3CCOCC3)ncc12.COc1nc(CCl)cn2c(C3CCOCC3)ncc12.O=c1[nH]c(CN2CC(Oc3cccnc3)C2)cn2c(C3CCOCC3)ncc12.PP. The molecule has 0 aliphatic carbocycles. The highest BCUT2D eigenvalue weighted by Gasteiger charge is 2.30. The summed E-state index contributed by atoms with van der Waals surface area (Å²) in [5.74, 6) is 9.30. The Kier molecular flexibility index (Phi) is 28.0. The average Bonchev–Trinajstić information content (AvgIpc) is 1.85. The number of rotatable bonds is 14. The van der Waals surface area contributed by atoms with Gasteiger partial charge in [0.1, 0.15) is 57.2 Å². The van der Waals surface area contributed by atoms with Crippen LogP contribution in [0.4, 0.5) is 0 Å². The molecule has 2 unspecified atom stereocenters. The highest BCUT2D eigenvalue weighted by atomic mass is 79.9. The van der Waals surface area contributed by atoms with Crippen molar-refractivity contribution in [2.45, 2.75) is 105 Å². The number of hydrogen-bond donors (Lipinski definition) is 1. The average molecular weight is 1540 g/mol. The van der Waals surface area contributed by atoms with Crippen LogP contribution in [-0.2, 0) is 43.1 Å². The molecule has 0 bridgehead atoms. The number of halogens is 6. The number of methoxy groups -OCH3 is 3. The smallest absolute Gasteiger partial charge is 0.369 e. The fourth-order valence-electron chi connectivity index (χ4n) is 11.5.